The van der Waals surface area contributed by atoms with Gasteiger partial charge in [0.15, 0.2) is 0 Å². The van der Waals surface area contributed by atoms with E-state index >= 15 is 0 Å². The van der Waals surface area contributed by atoms with Crippen molar-refractivity contribution >= 4 is 17.6 Å². The third-order valence-corrected chi connectivity index (χ3v) is 2.44. The van der Waals surface area contributed by atoms with Crippen LogP contribution in [0.3, 0.4) is 0 Å². The molecule has 0 amide bonds. The highest BCUT2D eigenvalue weighted by Crippen LogP contribution is 2.25. The second-order valence-corrected chi connectivity index (χ2v) is 3.40. The predicted octanol–water partition coefficient (Wildman–Crippen LogP) is 0.887. The van der Waals surface area contributed by atoms with E-state index < -0.39 is 0 Å². The largest absolute Gasteiger partial charge is 0.496 e. The van der Waals surface area contributed by atoms with Crippen molar-refractivity contribution in [2.45, 2.75) is 6.54 Å². The lowest BCUT2D eigenvalue weighted by atomic mass is 10.2. The van der Waals surface area contributed by atoms with Crippen molar-refractivity contribution in [3.63, 3.8) is 0 Å². The first-order valence-electron chi connectivity index (χ1n) is 4.71. The SMILES string of the molecule is CN=C(NN)NCc1c(Cl)cccc1OC. The average Bonchev–Trinajstić information content (AvgIpc) is 2.31. The van der Waals surface area contributed by atoms with Gasteiger partial charge in [0, 0.05) is 24.2 Å². The molecule has 0 fully saturated rings. The summed E-state index contributed by atoms with van der Waals surface area (Å²) >= 11 is 6.07. The monoisotopic (exact) mass is 242 g/mol. The molecule has 0 atom stereocenters. The minimum atomic E-state index is 0.486. The maximum Gasteiger partial charge on any atom is 0.205 e. The van der Waals surface area contributed by atoms with Gasteiger partial charge in [-0.15, -0.1) is 0 Å². The van der Waals surface area contributed by atoms with Crippen LogP contribution in [0.15, 0.2) is 23.2 Å². The summed E-state index contributed by atoms with van der Waals surface area (Å²) in [6.07, 6.45) is 0. The van der Waals surface area contributed by atoms with Gasteiger partial charge in [-0.25, -0.2) is 5.84 Å². The fourth-order valence-electron chi connectivity index (χ4n) is 1.27. The molecule has 0 aromatic heterocycles. The Labute approximate surface area is 99.6 Å². The third kappa shape index (κ3) is 3.01. The summed E-state index contributed by atoms with van der Waals surface area (Å²) in [7, 11) is 3.23. The molecule has 0 radical (unpaired) electrons. The van der Waals surface area contributed by atoms with Crippen molar-refractivity contribution in [1.82, 2.24) is 10.7 Å². The van der Waals surface area contributed by atoms with E-state index in [2.05, 4.69) is 15.7 Å². The number of rotatable bonds is 3. The number of aliphatic imine (C=N–C) groups is 1. The molecule has 5 nitrogen and oxygen atoms in total. The molecule has 0 heterocycles. The Morgan fingerprint density at radius 1 is 1.56 bits per heavy atom. The lowest BCUT2D eigenvalue weighted by Crippen LogP contribution is -2.41. The van der Waals surface area contributed by atoms with Crippen LogP contribution in [0.1, 0.15) is 5.56 Å². The summed E-state index contributed by atoms with van der Waals surface area (Å²) in [6, 6.07) is 5.49. The van der Waals surface area contributed by atoms with Gasteiger partial charge in [-0.1, -0.05) is 17.7 Å². The highest BCUT2D eigenvalue weighted by Gasteiger charge is 2.07. The molecular weight excluding hydrogens is 228 g/mol. The number of nitrogens with one attached hydrogen (secondary N) is 2. The number of hydrogen-bond donors (Lipinski definition) is 3. The standard InChI is InChI=1S/C10H15ClN4O/c1-13-10(15-12)14-6-7-8(11)4-3-5-9(7)16-2/h3-5H,6,12H2,1-2H3,(H2,13,14,15). The van der Waals surface area contributed by atoms with Crippen LogP contribution in [-0.2, 0) is 6.54 Å². The van der Waals surface area contributed by atoms with Crippen LogP contribution < -0.4 is 21.3 Å². The van der Waals surface area contributed by atoms with Gasteiger partial charge in [-0.2, -0.15) is 0 Å². The molecule has 4 N–H and O–H groups in total. The van der Waals surface area contributed by atoms with Gasteiger partial charge >= 0.3 is 0 Å². The number of benzene rings is 1. The zero-order chi connectivity index (χ0) is 12.0. The summed E-state index contributed by atoms with van der Waals surface area (Å²) in [6.45, 7) is 0.486. The smallest absolute Gasteiger partial charge is 0.205 e. The second-order valence-electron chi connectivity index (χ2n) is 2.99. The zero-order valence-electron chi connectivity index (χ0n) is 9.25. The third-order valence-electron chi connectivity index (χ3n) is 2.09. The lowest BCUT2D eigenvalue weighted by molar-refractivity contribution is 0.409. The van der Waals surface area contributed by atoms with Gasteiger partial charge < -0.3 is 10.1 Å². The summed E-state index contributed by atoms with van der Waals surface area (Å²) in [4.78, 5) is 3.89. The molecule has 0 spiro atoms. The van der Waals surface area contributed by atoms with Crippen molar-refractivity contribution < 1.29 is 4.74 Å². The Bertz CT molecular complexity index is 381. The highest BCUT2D eigenvalue weighted by atomic mass is 35.5. The van der Waals surface area contributed by atoms with Crippen LogP contribution in [0.4, 0.5) is 0 Å². The molecule has 0 unspecified atom stereocenters. The number of halogens is 1. The maximum absolute atomic E-state index is 6.07. The van der Waals surface area contributed by atoms with Gasteiger partial charge in [0.25, 0.3) is 0 Å². The fourth-order valence-corrected chi connectivity index (χ4v) is 1.50. The molecular formula is C10H15ClN4O. The Kier molecular flexibility index (Phi) is 4.88. The normalized spacial score (nSPS) is 11.1. The van der Waals surface area contributed by atoms with E-state index in [1.807, 2.05) is 12.1 Å². The van der Waals surface area contributed by atoms with Crippen LogP contribution in [0.2, 0.25) is 5.02 Å². The van der Waals surface area contributed by atoms with Crippen molar-refractivity contribution in [1.29, 1.82) is 0 Å². The molecule has 1 aromatic carbocycles. The van der Waals surface area contributed by atoms with Crippen molar-refractivity contribution in [2.75, 3.05) is 14.2 Å². The average molecular weight is 243 g/mol. The summed E-state index contributed by atoms with van der Waals surface area (Å²) in [5.41, 5.74) is 3.30. The zero-order valence-corrected chi connectivity index (χ0v) is 10.0. The van der Waals surface area contributed by atoms with Gasteiger partial charge in [-0.3, -0.25) is 10.4 Å². The molecule has 0 aliphatic rings. The van der Waals surface area contributed by atoms with Crippen LogP contribution in [0.25, 0.3) is 0 Å². The van der Waals surface area contributed by atoms with Crippen molar-refractivity contribution in [3.8, 4) is 5.75 Å². The summed E-state index contributed by atoms with van der Waals surface area (Å²) in [5, 5.41) is 3.64. The van der Waals surface area contributed by atoms with Gasteiger partial charge in [0.05, 0.1) is 7.11 Å². The highest BCUT2D eigenvalue weighted by molar-refractivity contribution is 6.31. The first-order valence-corrected chi connectivity index (χ1v) is 5.09. The minimum Gasteiger partial charge on any atom is -0.496 e. The molecule has 0 saturated heterocycles. The minimum absolute atomic E-state index is 0.486. The van der Waals surface area contributed by atoms with Gasteiger partial charge in [0.2, 0.25) is 5.96 Å². The molecule has 16 heavy (non-hydrogen) atoms. The second kappa shape index (κ2) is 6.19. The number of nitrogens with two attached hydrogens (primary N) is 1. The molecule has 1 rings (SSSR count). The first kappa shape index (κ1) is 12.6. The van der Waals surface area contributed by atoms with Crippen molar-refractivity contribution in [3.05, 3.63) is 28.8 Å². The van der Waals surface area contributed by atoms with Crippen LogP contribution in [0, 0.1) is 0 Å². The molecule has 0 saturated carbocycles. The molecule has 0 aliphatic heterocycles. The van der Waals surface area contributed by atoms with Crippen LogP contribution >= 0.6 is 11.6 Å². The lowest BCUT2D eigenvalue weighted by Gasteiger charge is -2.12. The molecule has 1 aromatic rings. The van der Waals surface area contributed by atoms with Crippen molar-refractivity contribution in [2.24, 2.45) is 10.8 Å². The quantitative estimate of drug-likeness (QED) is 0.319. The number of hydrazine groups is 1. The number of methoxy groups -OCH3 is 1. The van der Waals surface area contributed by atoms with Crippen LogP contribution in [-0.4, -0.2) is 20.1 Å². The fraction of sp³-hybridized carbons (Fsp3) is 0.300. The molecule has 0 bridgehead atoms. The van der Waals surface area contributed by atoms with Gasteiger partial charge in [-0.05, 0) is 12.1 Å². The Hall–Kier alpha value is -1.46. The van der Waals surface area contributed by atoms with E-state index in [1.165, 1.54) is 0 Å². The van der Waals surface area contributed by atoms with E-state index in [0.29, 0.717) is 17.5 Å². The Morgan fingerprint density at radius 3 is 2.88 bits per heavy atom. The maximum atomic E-state index is 6.07. The summed E-state index contributed by atoms with van der Waals surface area (Å²) in [5.74, 6) is 6.47. The van der Waals surface area contributed by atoms with E-state index in [1.54, 1.807) is 20.2 Å². The topological polar surface area (TPSA) is 71.7 Å². The van der Waals surface area contributed by atoms with E-state index in [9.17, 15) is 0 Å². The number of hydrogen-bond acceptors (Lipinski definition) is 3. The van der Waals surface area contributed by atoms with Crippen LogP contribution in [0.5, 0.6) is 5.75 Å². The van der Waals surface area contributed by atoms with E-state index in [0.717, 1.165) is 11.3 Å². The van der Waals surface area contributed by atoms with Gasteiger partial charge in [0.1, 0.15) is 5.75 Å². The number of nitrogens with zero attached hydrogens (tertiary/aromatic N) is 1. The number of guanidine groups is 1. The summed E-state index contributed by atoms with van der Waals surface area (Å²) < 4.78 is 5.21. The van der Waals surface area contributed by atoms with E-state index in [4.69, 9.17) is 22.2 Å². The predicted molar refractivity (Wildman–Crippen MR) is 65.5 cm³/mol. The first-order chi connectivity index (χ1) is 7.72. The molecule has 0 aliphatic carbocycles. The number of ether oxygens (including phenoxy) is 1. The Balaban J connectivity index is 2.80. The Morgan fingerprint density at radius 2 is 2.31 bits per heavy atom. The molecule has 88 valence electrons. The van der Waals surface area contributed by atoms with E-state index in [-0.39, 0.29) is 0 Å². The molecule has 6 heteroatoms.